The lowest BCUT2D eigenvalue weighted by molar-refractivity contribution is -0.142. The molecule has 1 amide bonds. The van der Waals surface area contributed by atoms with Gasteiger partial charge in [0.15, 0.2) is 0 Å². The first-order chi connectivity index (χ1) is 10.6. The van der Waals surface area contributed by atoms with Gasteiger partial charge in [-0.2, -0.15) is 0 Å². The van der Waals surface area contributed by atoms with Crippen LogP contribution in [-0.4, -0.2) is 25.0 Å². The number of esters is 1. The average Bonchev–Trinajstić information content (AvgIpc) is 2.54. The molecule has 2 aromatic carbocycles. The van der Waals surface area contributed by atoms with Crippen LogP contribution in [0.3, 0.4) is 0 Å². The van der Waals surface area contributed by atoms with Gasteiger partial charge in [-0.05, 0) is 46.4 Å². The molecule has 4 nitrogen and oxygen atoms in total. The van der Waals surface area contributed by atoms with Crippen LogP contribution < -0.4 is 5.32 Å². The van der Waals surface area contributed by atoms with Gasteiger partial charge in [0, 0.05) is 15.6 Å². The predicted molar refractivity (Wildman–Crippen MR) is 92.6 cm³/mol. The first-order valence-electron chi connectivity index (χ1n) is 6.78. The van der Waals surface area contributed by atoms with E-state index >= 15 is 0 Å². The second-order valence-corrected chi connectivity index (χ2v) is 5.99. The third-order valence-corrected chi connectivity index (χ3v) is 3.83. The number of rotatable bonds is 5. The van der Waals surface area contributed by atoms with Gasteiger partial charge < -0.3 is 10.1 Å². The smallest absolute Gasteiger partial charge is 0.328 e. The van der Waals surface area contributed by atoms with E-state index in [0.29, 0.717) is 12.0 Å². The van der Waals surface area contributed by atoms with Crippen LogP contribution in [0.2, 0.25) is 0 Å². The molecule has 1 unspecified atom stereocenters. The lowest BCUT2D eigenvalue weighted by Gasteiger charge is -2.16. The van der Waals surface area contributed by atoms with Crippen molar-refractivity contribution in [2.24, 2.45) is 0 Å². The van der Waals surface area contributed by atoms with Crippen molar-refractivity contribution in [2.75, 3.05) is 7.11 Å². The number of nitrogens with one attached hydrogen (secondary N) is 1. The standard InChI is InChI=1S/C17H16INO3/c1-22-17(21)15(10-12-6-3-2-4-7-12)19-16(20)13-8-5-9-14(18)11-13/h2-9,11,15H,10H2,1H3,(H,19,20). The van der Waals surface area contributed by atoms with Crippen LogP contribution in [0.1, 0.15) is 15.9 Å². The normalized spacial score (nSPS) is 11.5. The van der Waals surface area contributed by atoms with Crippen molar-refractivity contribution in [3.05, 3.63) is 69.3 Å². The van der Waals surface area contributed by atoms with Crippen molar-refractivity contribution >= 4 is 34.5 Å². The maximum absolute atomic E-state index is 12.3. The Morgan fingerprint density at radius 1 is 1.14 bits per heavy atom. The molecule has 1 atom stereocenters. The third-order valence-electron chi connectivity index (χ3n) is 3.16. The Labute approximate surface area is 143 Å². The third kappa shape index (κ3) is 4.56. The minimum absolute atomic E-state index is 0.287. The summed E-state index contributed by atoms with van der Waals surface area (Å²) in [6.07, 6.45) is 0.392. The highest BCUT2D eigenvalue weighted by molar-refractivity contribution is 14.1. The number of carbonyl (C=O) groups excluding carboxylic acids is 2. The van der Waals surface area contributed by atoms with Crippen LogP contribution in [0, 0.1) is 3.57 Å². The maximum Gasteiger partial charge on any atom is 0.328 e. The second kappa shape index (κ2) is 7.93. The van der Waals surface area contributed by atoms with E-state index in [4.69, 9.17) is 4.74 Å². The lowest BCUT2D eigenvalue weighted by atomic mass is 10.1. The summed E-state index contributed by atoms with van der Waals surface area (Å²) < 4.78 is 5.75. The van der Waals surface area contributed by atoms with E-state index in [2.05, 4.69) is 27.9 Å². The number of carbonyl (C=O) groups is 2. The van der Waals surface area contributed by atoms with Crippen LogP contribution in [0.25, 0.3) is 0 Å². The molecule has 0 spiro atoms. The number of halogens is 1. The molecule has 0 aliphatic carbocycles. The number of methoxy groups -OCH3 is 1. The first kappa shape index (κ1) is 16.5. The fourth-order valence-electron chi connectivity index (χ4n) is 2.06. The van der Waals surface area contributed by atoms with Gasteiger partial charge in [-0.25, -0.2) is 4.79 Å². The summed E-state index contributed by atoms with van der Waals surface area (Å²) >= 11 is 2.14. The van der Waals surface area contributed by atoms with Gasteiger partial charge in [-0.3, -0.25) is 4.79 Å². The van der Waals surface area contributed by atoms with E-state index in [0.717, 1.165) is 9.13 Å². The van der Waals surface area contributed by atoms with E-state index in [1.165, 1.54) is 7.11 Å². The minimum Gasteiger partial charge on any atom is -0.467 e. The molecule has 2 aromatic rings. The highest BCUT2D eigenvalue weighted by atomic mass is 127. The molecule has 1 N–H and O–H groups in total. The van der Waals surface area contributed by atoms with E-state index in [9.17, 15) is 9.59 Å². The molecular weight excluding hydrogens is 393 g/mol. The zero-order valence-electron chi connectivity index (χ0n) is 12.1. The summed E-state index contributed by atoms with van der Waals surface area (Å²) in [5.41, 5.74) is 1.48. The largest absolute Gasteiger partial charge is 0.467 e. The van der Waals surface area contributed by atoms with E-state index in [1.54, 1.807) is 18.2 Å². The zero-order chi connectivity index (χ0) is 15.9. The van der Waals surface area contributed by atoms with Crippen molar-refractivity contribution in [3.8, 4) is 0 Å². The molecule has 0 radical (unpaired) electrons. The monoisotopic (exact) mass is 409 g/mol. The van der Waals surface area contributed by atoms with Gasteiger partial charge >= 0.3 is 5.97 Å². The van der Waals surface area contributed by atoms with Gasteiger partial charge in [0.05, 0.1) is 7.11 Å². The molecule has 5 heteroatoms. The fourth-order valence-corrected chi connectivity index (χ4v) is 2.60. The molecule has 22 heavy (non-hydrogen) atoms. The summed E-state index contributed by atoms with van der Waals surface area (Å²) in [4.78, 5) is 24.2. The quantitative estimate of drug-likeness (QED) is 0.611. The lowest BCUT2D eigenvalue weighted by Crippen LogP contribution is -2.43. The van der Waals surface area contributed by atoms with Crippen LogP contribution in [0.5, 0.6) is 0 Å². The maximum atomic E-state index is 12.3. The van der Waals surface area contributed by atoms with Crippen LogP contribution in [0.4, 0.5) is 0 Å². The Morgan fingerprint density at radius 3 is 2.50 bits per heavy atom. The molecule has 0 fully saturated rings. The van der Waals surface area contributed by atoms with Crippen molar-refractivity contribution < 1.29 is 14.3 Å². The SMILES string of the molecule is COC(=O)C(Cc1ccccc1)NC(=O)c1cccc(I)c1. The Hall–Kier alpha value is -1.89. The summed E-state index contributed by atoms with van der Waals surface area (Å²) in [5, 5.41) is 2.74. The molecule has 0 aliphatic heterocycles. The number of hydrogen-bond donors (Lipinski definition) is 1. The van der Waals surface area contributed by atoms with Crippen LogP contribution >= 0.6 is 22.6 Å². The Balaban J connectivity index is 2.13. The van der Waals surface area contributed by atoms with Gasteiger partial charge in [0.1, 0.15) is 6.04 Å². The molecule has 0 aromatic heterocycles. The van der Waals surface area contributed by atoms with Gasteiger partial charge in [0.25, 0.3) is 5.91 Å². The highest BCUT2D eigenvalue weighted by Crippen LogP contribution is 2.09. The van der Waals surface area contributed by atoms with Gasteiger partial charge in [0.2, 0.25) is 0 Å². The number of ether oxygens (including phenoxy) is 1. The molecule has 0 saturated heterocycles. The summed E-state index contributed by atoms with van der Waals surface area (Å²) in [5.74, 6) is -0.743. The van der Waals surface area contributed by atoms with Crippen LogP contribution in [-0.2, 0) is 16.0 Å². The topological polar surface area (TPSA) is 55.4 Å². The summed E-state index contributed by atoms with van der Waals surface area (Å²) in [6.45, 7) is 0. The highest BCUT2D eigenvalue weighted by Gasteiger charge is 2.22. The first-order valence-corrected chi connectivity index (χ1v) is 7.86. The van der Waals surface area contributed by atoms with E-state index in [-0.39, 0.29) is 5.91 Å². The zero-order valence-corrected chi connectivity index (χ0v) is 14.2. The predicted octanol–water partition coefficient (Wildman–Crippen LogP) is 2.81. The van der Waals surface area contributed by atoms with Crippen molar-refractivity contribution in [3.63, 3.8) is 0 Å². The Bertz CT molecular complexity index is 658. The molecule has 0 aliphatic rings. The summed E-state index contributed by atoms with van der Waals surface area (Å²) in [7, 11) is 1.32. The molecule has 0 saturated carbocycles. The van der Waals surface area contributed by atoms with Crippen molar-refractivity contribution in [1.82, 2.24) is 5.32 Å². The number of amides is 1. The summed E-state index contributed by atoms with van der Waals surface area (Å²) in [6, 6.07) is 16.0. The van der Waals surface area contributed by atoms with E-state index in [1.807, 2.05) is 36.4 Å². The van der Waals surface area contributed by atoms with Gasteiger partial charge in [-0.15, -0.1) is 0 Å². The van der Waals surface area contributed by atoms with Crippen molar-refractivity contribution in [1.29, 1.82) is 0 Å². The van der Waals surface area contributed by atoms with E-state index < -0.39 is 12.0 Å². The number of benzene rings is 2. The molecule has 114 valence electrons. The molecular formula is C17H16INO3. The van der Waals surface area contributed by atoms with Crippen molar-refractivity contribution in [2.45, 2.75) is 12.5 Å². The fraction of sp³-hybridized carbons (Fsp3) is 0.176. The molecule has 2 rings (SSSR count). The number of hydrogen-bond acceptors (Lipinski definition) is 3. The molecule has 0 heterocycles. The Kier molecular flexibility index (Phi) is 5.94. The average molecular weight is 409 g/mol. The van der Waals surface area contributed by atoms with Crippen LogP contribution in [0.15, 0.2) is 54.6 Å². The second-order valence-electron chi connectivity index (χ2n) is 4.75. The molecule has 0 bridgehead atoms. The van der Waals surface area contributed by atoms with Gasteiger partial charge in [-0.1, -0.05) is 36.4 Å². The minimum atomic E-state index is -0.710. The Morgan fingerprint density at radius 2 is 1.86 bits per heavy atom.